The number of carbonyl (C=O) groups is 1. The lowest BCUT2D eigenvalue weighted by Crippen LogP contribution is -2.40. The van der Waals surface area contributed by atoms with E-state index in [0.717, 1.165) is 23.1 Å². The maximum absolute atomic E-state index is 11.5. The second-order valence-corrected chi connectivity index (χ2v) is 8.60. The number of esters is 1. The molecule has 0 spiro atoms. The number of rotatable bonds is 13. The first-order valence-electron chi connectivity index (χ1n) is 12.0. The van der Waals surface area contributed by atoms with Crippen LogP contribution in [0.1, 0.15) is 42.7 Å². The molecule has 0 fully saturated rings. The molecule has 3 atom stereocenters. The average molecular weight is 478 g/mol. The van der Waals surface area contributed by atoms with Crippen LogP contribution in [0.15, 0.2) is 84.9 Å². The Morgan fingerprint density at radius 3 is 1.83 bits per heavy atom. The van der Waals surface area contributed by atoms with Crippen molar-refractivity contribution in [2.24, 2.45) is 0 Å². The Labute approximate surface area is 207 Å². The third kappa shape index (κ3) is 8.51. The van der Waals surface area contributed by atoms with Gasteiger partial charge in [-0.25, -0.2) is 4.79 Å². The normalized spacial score (nSPS) is 13.7. The number of nitrogens with zero attached hydrogens (tertiary/aromatic N) is 1. The van der Waals surface area contributed by atoms with E-state index < -0.39 is 18.2 Å². The van der Waals surface area contributed by atoms with Crippen molar-refractivity contribution in [1.29, 1.82) is 0 Å². The number of carbonyl (C=O) groups excluding carboxylic acids is 1. The second kappa shape index (κ2) is 13.6. The van der Waals surface area contributed by atoms with E-state index in [9.17, 15) is 15.0 Å². The van der Waals surface area contributed by atoms with Crippen LogP contribution in [0.3, 0.4) is 0 Å². The molecule has 0 aromatic heterocycles. The van der Waals surface area contributed by atoms with Gasteiger partial charge < -0.3 is 19.7 Å². The summed E-state index contributed by atoms with van der Waals surface area (Å²) in [5, 5.41) is 21.8. The van der Waals surface area contributed by atoms with Gasteiger partial charge in [0.2, 0.25) is 0 Å². The number of benzene rings is 3. The fraction of sp³-hybridized carbons (Fsp3) is 0.345. The summed E-state index contributed by atoms with van der Waals surface area (Å²) in [7, 11) is 0. The Balaban J connectivity index is 1.67. The minimum atomic E-state index is -0.666. The molecule has 0 heterocycles. The monoisotopic (exact) mass is 477 g/mol. The molecule has 0 aliphatic rings. The van der Waals surface area contributed by atoms with Gasteiger partial charge in [-0.05, 0) is 49.1 Å². The number of aliphatic hydroxyl groups is 2. The zero-order valence-corrected chi connectivity index (χ0v) is 20.4. The highest BCUT2D eigenvalue weighted by molar-refractivity contribution is 5.71. The Morgan fingerprint density at radius 2 is 1.34 bits per heavy atom. The molecule has 0 amide bonds. The van der Waals surface area contributed by atoms with Crippen LogP contribution in [-0.2, 0) is 16.0 Å². The lowest BCUT2D eigenvalue weighted by atomic mass is 10.0. The highest BCUT2D eigenvalue weighted by Crippen LogP contribution is 2.22. The molecule has 0 saturated heterocycles. The summed E-state index contributed by atoms with van der Waals surface area (Å²) in [5.74, 6) is 0.208. The second-order valence-electron chi connectivity index (χ2n) is 8.60. The van der Waals surface area contributed by atoms with Gasteiger partial charge in [0.05, 0.1) is 18.8 Å². The first-order valence-corrected chi connectivity index (χ1v) is 12.0. The minimum absolute atomic E-state index is 0.0537. The highest BCUT2D eigenvalue weighted by Gasteiger charge is 2.22. The Kier molecular flexibility index (Phi) is 10.3. The third-order valence-electron chi connectivity index (χ3n) is 5.92. The maximum atomic E-state index is 11.5. The molecule has 0 aliphatic heterocycles. The minimum Gasteiger partial charge on any atom is -0.482 e. The molecule has 186 valence electrons. The summed E-state index contributed by atoms with van der Waals surface area (Å²) < 4.78 is 10.4. The van der Waals surface area contributed by atoms with Crippen LogP contribution in [0.2, 0.25) is 0 Å². The Morgan fingerprint density at radius 1 is 0.829 bits per heavy atom. The van der Waals surface area contributed by atoms with Gasteiger partial charge in [-0.15, -0.1) is 0 Å². The van der Waals surface area contributed by atoms with Gasteiger partial charge in [0.15, 0.2) is 6.61 Å². The van der Waals surface area contributed by atoms with E-state index in [1.807, 2.05) is 84.9 Å². The summed E-state index contributed by atoms with van der Waals surface area (Å²) in [6, 6.07) is 26.8. The van der Waals surface area contributed by atoms with Crippen LogP contribution >= 0.6 is 0 Å². The Bertz CT molecular complexity index is 963. The molecule has 0 bridgehead atoms. The van der Waals surface area contributed by atoms with Crippen molar-refractivity contribution in [3.63, 3.8) is 0 Å². The fourth-order valence-corrected chi connectivity index (χ4v) is 3.98. The zero-order chi connectivity index (χ0) is 25.0. The molecule has 3 aromatic rings. The lowest BCUT2D eigenvalue weighted by molar-refractivity contribution is -0.145. The van der Waals surface area contributed by atoms with Crippen LogP contribution in [-0.4, -0.2) is 53.4 Å². The summed E-state index contributed by atoms with van der Waals surface area (Å²) >= 11 is 0. The number of aliphatic hydroxyl groups excluding tert-OH is 2. The van der Waals surface area contributed by atoms with Gasteiger partial charge in [0, 0.05) is 19.1 Å². The van der Waals surface area contributed by atoms with Crippen LogP contribution in [0.4, 0.5) is 0 Å². The fourth-order valence-electron chi connectivity index (χ4n) is 3.98. The van der Waals surface area contributed by atoms with E-state index in [1.54, 1.807) is 6.92 Å². The molecule has 0 saturated carbocycles. The lowest BCUT2D eigenvalue weighted by Gasteiger charge is -2.33. The summed E-state index contributed by atoms with van der Waals surface area (Å²) in [4.78, 5) is 13.6. The van der Waals surface area contributed by atoms with Crippen LogP contribution < -0.4 is 4.74 Å². The van der Waals surface area contributed by atoms with Crippen molar-refractivity contribution in [3.05, 3.63) is 102 Å². The smallest absolute Gasteiger partial charge is 0.344 e. The van der Waals surface area contributed by atoms with Crippen molar-refractivity contribution >= 4 is 5.97 Å². The van der Waals surface area contributed by atoms with Gasteiger partial charge in [0.25, 0.3) is 0 Å². The molecule has 2 N–H and O–H groups in total. The maximum Gasteiger partial charge on any atom is 0.344 e. The van der Waals surface area contributed by atoms with Crippen LogP contribution in [0, 0.1) is 0 Å². The van der Waals surface area contributed by atoms with E-state index in [1.165, 1.54) is 0 Å². The van der Waals surface area contributed by atoms with E-state index in [2.05, 4.69) is 11.8 Å². The molecule has 0 radical (unpaired) electrons. The van der Waals surface area contributed by atoms with Crippen molar-refractivity contribution in [2.75, 3.05) is 26.3 Å². The topological polar surface area (TPSA) is 79.2 Å². The Hall–Kier alpha value is -3.19. The summed E-state index contributed by atoms with van der Waals surface area (Å²) in [6.45, 7) is 4.86. The molecular weight excluding hydrogens is 442 g/mol. The van der Waals surface area contributed by atoms with Crippen LogP contribution in [0.25, 0.3) is 0 Å². The largest absolute Gasteiger partial charge is 0.482 e. The van der Waals surface area contributed by atoms with Crippen molar-refractivity contribution in [1.82, 2.24) is 4.90 Å². The molecule has 35 heavy (non-hydrogen) atoms. The molecule has 0 unspecified atom stereocenters. The van der Waals surface area contributed by atoms with Gasteiger partial charge >= 0.3 is 5.97 Å². The highest BCUT2D eigenvalue weighted by atomic mass is 16.6. The third-order valence-corrected chi connectivity index (χ3v) is 5.92. The number of ether oxygens (including phenoxy) is 2. The number of hydrogen-bond donors (Lipinski definition) is 2. The summed E-state index contributed by atoms with van der Waals surface area (Å²) in [6.07, 6.45) is -0.609. The standard InChI is InChI=1S/C29H35NO5/c1-3-34-29(33)21-35-26-16-14-23(15-17-26)18-22(2)30(19-27(31)24-10-6-4-7-11-24)20-28(32)25-12-8-5-9-13-25/h4-17,22,27-28,31-32H,3,18-21H2,1-2H3/t22-,27-,28-/m1/s1. The first kappa shape index (κ1) is 26.4. The van der Waals surface area contributed by atoms with Gasteiger partial charge in [0.1, 0.15) is 5.75 Å². The molecule has 3 aromatic carbocycles. The summed E-state index contributed by atoms with van der Waals surface area (Å²) in [5.41, 5.74) is 2.79. The first-order chi connectivity index (χ1) is 17.0. The van der Waals surface area contributed by atoms with Gasteiger partial charge in [-0.1, -0.05) is 72.8 Å². The van der Waals surface area contributed by atoms with E-state index in [-0.39, 0.29) is 12.6 Å². The van der Waals surface area contributed by atoms with E-state index >= 15 is 0 Å². The van der Waals surface area contributed by atoms with Crippen LogP contribution in [0.5, 0.6) is 5.75 Å². The molecule has 0 aliphatic carbocycles. The molecule has 3 rings (SSSR count). The van der Waals surface area contributed by atoms with Crippen molar-refractivity contribution in [3.8, 4) is 5.75 Å². The quantitative estimate of drug-likeness (QED) is 0.357. The van der Waals surface area contributed by atoms with E-state index in [0.29, 0.717) is 25.4 Å². The SMILES string of the molecule is CCOC(=O)COc1ccc(C[C@@H](C)N(C[C@@H](O)c2ccccc2)C[C@@H](O)c2ccccc2)cc1. The molecular formula is C29H35NO5. The zero-order valence-electron chi connectivity index (χ0n) is 20.4. The van der Waals surface area contributed by atoms with E-state index in [4.69, 9.17) is 9.47 Å². The number of hydrogen-bond acceptors (Lipinski definition) is 6. The van der Waals surface area contributed by atoms with Gasteiger partial charge in [-0.3, -0.25) is 4.90 Å². The predicted molar refractivity (Wildman–Crippen MR) is 136 cm³/mol. The van der Waals surface area contributed by atoms with Gasteiger partial charge in [-0.2, -0.15) is 0 Å². The van der Waals surface area contributed by atoms with Crippen molar-refractivity contribution in [2.45, 2.75) is 38.5 Å². The molecule has 6 nitrogen and oxygen atoms in total. The predicted octanol–water partition coefficient (Wildman–Crippen LogP) is 4.33. The average Bonchev–Trinajstić information content (AvgIpc) is 2.89. The van der Waals surface area contributed by atoms with Crippen molar-refractivity contribution < 1.29 is 24.5 Å². The molecule has 6 heteroatoms.